The Balaban J connectivity index is 1.54. The minimum Gasteiger partial charge on any atom is -0.443 e. The standard InChI is InChI=1S/C22H34N6O4S/c1-16-13-18-19(14-17(16)2)23-15-24-20(18)28-9-6-8-27(11-12-28)10-7-25-33(30,31)26-21(29)32-22(3,4)5/h13-15,25H,6-12H2,1-5H3,(H,26,29). The van der Waals surface area contributed by atoms with Crippen molar-refractivity contribution in [2.45, 2.75) is 46.6 Å². The van der Waals surface area contributed by atoms with Gasteiger partial charge in [0, 0.05) is 38.1 Å². The van der Waals surface area contributed by atoms with Crippen LogP contribution in [0.4, 0.5) is 10.6 Å². The number of carbonyl (C=O) groups excluding carboxylic acids is 1. The van der Waals surface area contributed by atoms with Crippen molar-refractivity contribution in [3.8, 4) is 0 Å². The largest absolute Gasteiger partial charge is 0.443 e. The summed E-state index contributed by atoms with van der Waals surface area (Å²) in [7, 11) is -3.98. The number of hydrogen-bond acceptors (Lipinski definition) is 8. The molecule has 0 spiro atoms. The van der Waals surface area contributed by atoms with Crippen LogP contribution in [0.3, 0.4) is 0 Å². The summed E-state index contributed by atoms with van der Waals surface area (Å²) in [6.45, 7) is 13.2. The number of ether oxygens (including phenoxy) is 1. The molecule has 3 rings (SSSR count). The fraction of sp³-hybridized carbons (Fsp3) is 0.591. The highest BCUT2D eigenvalue weighted by Crippen LogP contribution is 2.26. The predicted octanol–water partition coefficient (Wildman–Crippen LogP) is 2.12. The maximum atomic E-state index is 12.1. The van der Waals surface area contributed by atoms with E-state index in [2.05, 4.69) is 50.5 Å². The van der Waals surface area contributed by atoms with Crippen molar-refractivity contribution in [3.63, 3.8) is 0 Å². The minimum absolute atomic E-state index is 0.188. The molecular weight excluding hydrogens is 444 g/mol. The molecule has 0 unspecified atom stereocenters. The predicted molar refractivity (Wildman–Crippen MR) is 129 cm³/mol. The molecule has 0 saturated carbocycles. The molecule has 0 bridgehead atoms. The van der Waals surface area contributed by atoms with Gasteiger partial charge in [-0.3, -0.25) is 0 Å². The van der Waals surface area contributed by atoms with Crippen molar-refractivity contribution < 1.29 is 17.9 Å². The Morgan fingerprint density at radius 3 is 2.55 bits per heavy atom. The first-order chi connectivity index (χ1) is 15.4. The van der Waals surface area contributed by atoms with E-state index in [4.69, 9.17) is 4.74 Å². The first-order valence-electron chi connectivity index (χ1n) is 11.1. The van der Waals surface area contributed by atoms with Gasteiger partial charge in [-0.1, -0.05) is 0 Å². The Kier molecular flexibility index (Phi) is 7.76. The van der Waals surface area contributed by atoms with E-state index in [1.165, 1.54) is 11.1 Å². The van der Waals surface area contributed by atoms with Crippen LogP contribution in [0, 0.1) is 13.8 Å². The molecule has 10 nitrogen and oxygen atoms in total. The fourth-order valence-corrected chi connectivity index (χ4v) is 4.44. The third-order valence-corrected chi connectivity index (χ3v) is 6.47. The molecule has 1 fully saturated rings. The highest BCUT2D eigenvalue weighted by Gasteiger charge is 2.22. The van der Waals surface area contributed by atoms with Crippen molar-refractivity contribution in [1.29, 1.82) is 0 Å². The summed E-state index contributed by atoms with van der Waals surface area (Å²) in [6.07, 6.45) is 1.55. The number of carbonyl (C=O) groups is 1. The van der Waals surface area contributed by atoms with Crippen LogP contribution in [0.25, 0.3) is 10.9 Å². The Morgan fingerprint density at radius 1 is 1.09 bits per heavy atom. The van der Waals surface area contributed by atoms with Crippen LogP contribution >= 0.6 is 0 Å². The number of rotatable bonds is 6. The summed E-state index contributed by atoms with van der Waals surface area (Å²) in [5.41, 5.74) is 2.58. The molecule has 2 N–H and O–H groups in total. The van der Waals surface area contributed by atoms with E-state index in [0.717, 1.165) is 49.3 Å². The molecule has 1 aromatic carbocycles. The molecule has 182 valence electrons. The summed E-state index contributed by atoms with van der Waals surface area (Å²) in [6, 6.07) is 4.24. The second kappa shape index (κ2) is 10.2. The van der Waals surface area contributed by atoms with Gasteiger partial charge in [0.05, 0.1) is 5.52 Å². The zero-order valence-corrected chi connectivity index (χ0v) is 20.8. The molecule has 0 atom stereocenters. The number of hydrogen-bond donors (Lipinski definition) is 2. The first kappa shape index (κ1) is 25.1. The number of fused-ring (bicyclic) bond motifs is 1. The van der Waals surface area contributed by atoms with Crippen LogP contribution in [0.15, 0.2) is 18.5 Å². The number of nitrogens with one attached hydrogen (secondary N) is 2. The summed E-state index contributed by atoms with van der Waals surface area (Å²) in [5.74, 6) is 0.937. The number of amides is 1. The lowest BCUT2D eigenvalue weighted by molar-refractivity contribution is 0.0569. The van der Waals surface area contributed by atoms with Crippen LogP contribution in [0.1, 0.15) is 38.3 Å². The molecule has 0 radical (unpaired) electrons. The number of benzene rings is 1. The lowest BCUT2D eigenvalue weighted by Crippen LogP contribution is -2.45. The van der Waals surface area contributed by atoms with E-state index in [-0.39, 0.29) is 6.54 Å². The SMILES string of the molecule is Cc1cc2ncnc(N3CCCN(CCNS(=O)(=O)NC(=O)OC(C)(C)C)CC3)c2cc1C. The molecular formula is C22H34N6O4S. The first-order valence-corrected chi connectivity index (χ1v) is 12.6. The van der Waals surface area contributed by atoms with Crippen molar-refractivity contribution in [1.82, 2.24) is 24.3 Å². The van der Waals surface area contributed by atoms with Crippen molar-refractivity contribution in [2.75, 3.05) is 44.2 Å². The van der Waals surface area contributed by atoms with Crippen LogP contribution < -0.4 is 14.3 Å². The average Bonchev–Trinajstić information content (AvgIpc) is 2.92. The van der Waals surface area contributed by atoms with Gasteiger partial charge in [0.25, 0.3) is 0 Å². The molecule has 1 aliphatic heterocycles. The highest BCUT2D eigenvalue weighted by molar-refractivity contribution is 7.88. The maximum absolute atomic E-state index is 12.1. The van der Waals surface area contributed by atoms with Gasteiger partial charge in [0.1, 0.15) is 17.7 Å². The van der Waals surface area contributed by atoms with Gasteiger partial charge < -0.3 is 14.5 Å². The van der Waals surface area contributed by atoms with Crippen LogP contribution in [-0.4, -0.2) is 74.2 Å². The number of aromatic nitrogens is 2. The lowest BCUT2D eigenvalue weighted by atomic mass is 10.1. The molecule has 0 aliphatic carbocycles. The summed E-state index contributed by atoms with van der Waals surface area (Å²) >= 11 is 0. The molecule has 1 aromatic heterocycles. The van der Waals surface area contributed by atoms with E-state index >= 15 is 0 Å². The van der Waals surface area contributed by atoms with E-state index in [1.807, 2.05) is 4.72 Å². The second-order valence-corrected chi connectivity index (χ2v) is 10.8. The molecule has 1 aliphatic rings. The zero-order chi connectivity index (χ0) is 24.2. The average molecular weight is 479 g/mol. The van der Waals surface area contributed by atoms with Crippen molar-refractivity contribution in [3.05, 3.63) is 29.6 Å². The summed E-state index contributed by atoms with van der Waals surface area (Å²) < 4.78 is 33.4. The van der Waals surface area contributed by atoms with E-state index in [1.54, 1.807) is 27.1 Å². The van der Waals surface area contributed by atoms with Gasteiger partial charge in [-0.15, -0.1) is 0 Å². The minimum atomic E-state index is -3.98. The molecule has 11 heteroatoms. The highest BCUT2D eigenvalue weighted by atomic mass is 32.2. The van der Waals surface area contributed by atoms with Gasteiger partial charge in [0.2, 0.25) is 0 Å². The van der Waals surface area contributed by atoms with Crippen LogP contribution in [0.2, 0.25) is 0 Å². The maximum Gasteiger partial charge on any atom is 0.422 e. The van der Waals surface area contributed by atoms with Gasteiger partial charge in [0.15, 0.2) is 0 Å². The molecule has 1 amide bonds. The number of nitrogens with zero attached hydrogens (tertiary/aromatic N) is 4. The Labute approximate surface area is 195 Å². The monoisotopic (exact) mass is 478 g/mol. The van der Waals surface area contributed by atoms with Crippen molar-refractivity contribution in [2.24, 2.45) is 0 Å². The Morgan fingerprint density at radius 2 is 1.82 bits per heavy atom. The normalized spacial score (nSPS) is 16.0. The quantitative estimate of drug-likeness (QED) is 0.648. The van der Waals surface area contributed by atoms with Gasteiger partial charge >= 0.3 is 16.3 Å². The summed E-state index contributed by atoms with van der Waals surface area (Å²) in [4.78, 5) is 25.2. The van der Waals surface area contributed by atoms with Crippen LogP contribution in [-0.2, 0) is 14.9 Å². The third-order valence-electron chi connectivity index (χ3n) is 5.45. The van der Waals surface area contributed by atoms with Gasteiger partial charge in [-0.2, -0.15) is 13.1 Å². The van der Waals surface area contributed by atoms with E-state index in [9.17, 15) is 13.2 Å². The van der Waals surface area contributed by atoms with Crippen molar-refractivity contribution >= 4 is 33.0 Å². The van der Waals surface area contributed by atoms with Gasteiger partial charge in [-0.25, -0.2) is 19.5 Å². The van der Waals surface area contributed by atoms with Crippen LogP contribution in [0.5, 0.6) is 0 Å². The summed E-state index contributed by atoms with van der Waals surface area (Å²) in [5, 5.41) is 1.05. The fourth-order valence-electron chi connectivity index (χ4n) is 3.74. The molecule has 33 heavy (non-hydrogen) atoms. The molecule has 1 saturated heterocycles. The lowest BCUT2D eigenvalue weighted by Gasteiger charge is -2.24. The number of anilines is 1. The smallest absolute Gasteiger partial charge is 0.422 e. The number of aryl methyl sites for hydroxylation is 2. The molecule has 2 heterocycles. The second-order valence-electron chi connectivity index (χ2n) is 9.33. The third kappa shape index (κ3) is 7.24. The zero-order valence-electron chi connectivity index (χ0n) is 20.0. The van der Waals surface area contributed by atoms with E-state index < -0.39 is 21.9 Å². The topological polar surface area (TPSA) is 117 Å². The Hall–Kier alpha value is -2.50. The molecule has 2 aromatic rings. The van der Waals surface area contributed by atoms with Gasteiger partial charge in [-0.05, 0) is 70.8 Å². The van der Waals surface area contributed by atoms with E-state index in [0.29, 0.717) is 6.54 Å². The Bertz CT molecular complexity index is 1100.